The number of nitrogens with zero attached hydrogens (tertiary/aromatic N) is 3. The van der Waals surface area contributed by atoms with Gasteiger partial charge >= 0.3 is 0 Å². The second kappa shape index (κ2) is 8.81. The quantitative estimate of drug-likeness (QED) is 0.548. The van der Waals surface area contributed by atoms with Gasteiger partial charge in [0.15, 0.2) is 16.3 Å². The van der Waals surface area contributed by atoms with E-state index in [4.69, 9.17) is 33.3 Å². The van der Waals surface area contributed by atoms with Crippen molar-refractivity contribution >= 4 is 41.8 Å². The predicted octanol–water partition coefficient (Wildman–Crippen LogP) is 4.14. The van der Waals surface area contributed by atoms with Gasteiger partial charge in [0.1, 0.15) is 11.3 Å². The van der Waals surface area contributed by atoms with Crippen molar-refractivity contribution in [3.05, 3.63) is 79.3 Å². The summed E-state index contributed by atoms with van der Waals surface area (Å²) in [6.07, 6.45) is 3.00. The van der Waals surface area contributed by atoms with Gasteiger partial charge in [0.2, 0.25) is 5.88 Å². The number of nitrogens with one attached hydrogen (secondary N) is 1. The lowest BCUT2D eigenvalue weighted by Gasteiger charge is -2.12. The standard InChI is InChI=1S/C22H17ClN4O4S/c1-30-17-8-3-12(10-18(17)31-2)19-13(11-24-26-19)9-16-20(28)25-22(32)27(21(16)29)15-6-4-14(23)5-7-15/h3-11,29H,1-2H3,(H,25,28,32). The molecule has 0 saturated carbocycles. The van der Waals surface area contributed by atoms with E-state index in [0.717, 1.165) is 0 Å². The fourth-order valence-electron chi connectivity index (χ4n) is 3.24. The third kappa shape index (κ3) is 3.95. The molecule has 1 aliphatic heterocycles. The van der Waals surface area contributed by atoms with Crippen LogP contribution in [0.5, 0.6) is 17.4 Å². The van der Waals surface area contributed by atoms with Crippen molar-refractivity contribution in [1.29, 1.82) is 0 Å². The number of aromatic amines is 1. The van der Waals surface area contributed by atoms with Crippen LogP contribution in [0.25, 0.3) is 11.8 Å². The van der Waals surface area contributed by atoms with Crippen molar-refractivity contribution < 1.29 is 14.6 Å². The van der Waals surface area contributed by atoms with Gasteiger partial charge in [-0.2, -0.15) is 5.10 Å². The molecule has 0 saturated heterocycles. The van der Waals surface area contributed by atoms with Crippen molar-refractivity contribution in [2.24, 2.45) is 10.2 Å². The Kier molecular flexibility index (Phi) is 5.93. The molecule has 0 aliphatic carbocycles. The number of benzene rings is 2. The number of allylic oxidation sites excluding steroid dienone is 1. The van der Waals surface area contributed by atoms with E-state index in [1.165, 1.54) is 24.0 Å². The minimum Gasteiger partial charge on any atom is -0.494 e. The zero-order valence-electron chi connectivity index (χ0n) is 17.0. The first kappa shape index (κ1) is 21.5. The van der Waals surface area contributed by atoms with Crippen LogP contribution in [0.1, 0.15) is 11.1 Å². The summed E-state index contributed by atoms with van der Waals surface area (Å²) in [5.74, 6) is 0.775. The number of halogens is 1. The SMILES string of the molecule is COc1ccc(C2=NN=CC2=Cc2c(O)n(-c3ccc(Cl)cc3)c(=S)[nH]c2=O)cc1OC. The smallest absolute Gasteiger partial charge is 0.262 e. The summed E-state index contributed by atoms with van der Waals surface area (Å²) < 4.78 is 12.0. The first-order chi connectivity index (χ1) is 15.4. The molecule has 0 fully saturated rings. The lowest BCUT2D eigenvalue weighted by Crippen LogP contribution is -2.16. The summed E-state index contributed by atoms with van der Waals surface area (Å²) in [4.78, 5) is 15.2. The molecule has 1 aromatic heterocycles. The third-order valence-corrected chi connectivity index (χ3v) is 5.33. The fourth-order valence-corrected chi connectivity index (χ4v) is 3.65. The molecule has 10 heteroatoms. The van der Waals surface area contributed by atoms with Crippen LogP contribution < -0.4 is 15.0 Å². The van der Waals surface area contributed by atoms with Crippen LogP contribution in [0, 0.1) is 4.77 Å². The van der Waals surface area contributed by atoms with Gasteiger partial charge in [0, 0.05) is 16.2 Å². The Morgan fingerprint density at radius 1 is 1.12 bits per heavy atom. The van der Waals surface area contributed by atoms with Crippen LogP contribution in [-0.4, -0.2) is 40.8 Å². The van der Waals surface area contributed by atoms with E-state index >= 15 is 0 Å². The van der Waals surface area contributed by atoms with Crippen LogP contribution in [0.15, 0.2) is 63.0 Å². The molecule has 3 aromatic rings. The number of rotatable bonds is 5. The minimum atomic E-state index is -0.544. The number of aromatic hydroxyl groups is 1. The Balaban J connectivity index is 1.82. The zero-order chi connectivity index (χ0) is 22.8. The second-order valence-electron chi connectivity index (χ2n) is 6.67. The number of methoxy groups -OCH3 is 2. The highest BCUT2D eigenvalue weighted by Crippen LogP contribution is 2.30. The monoisotopic (exact) mass is 468 g/mol. The van der Waals surface area contributed by atoms with Crippen molar-refractivity contribution in [2.45, 2.75) is 0 Å². The maximum absolute atomic E-state index is 12.6. The molecule has 1 aliphatic rings. The number of H-pyrrole nitrogens is 1. The molecule has 4 rings (SSSR count). The molecule has 0 unspecified atom stereocenters. The van der Waals surface area contributed by atoms with E-state index < -0.39 is 5.56 Å². The van der Waals surface area contributed by atoms with Crippen LogP contribution in [0.2, 0.25) is 5.02 Å². The summed E-state index contributed by atoms with van der Waals surface area (Å²) >= 11 is 11.2. The number of aromatic nitrogens is 2. The van der Waals surface area contributed by atoms with E-state index in [9.17, 15) is 9.90 Å². The Bertz CT molecular complexity index is 1400. The first-order valence-electron chi connectivity index (χ1n) is 9.32. The molecule has 0 atom stereocenters. The van der Waals surface area contributed by atoms with E-state index in [-0.39, 0.29) is 16.2 Å². The molecule has 0 radical (unpaired) electrons. The molecule has 2 heterocycles. The first-order valence-corrected chi connectivity index (χ1v) is 10.1. The summed E-state index contributed by atoms with van der Waals surface area (Å²) in [7, 11) is 3.08. The molecule has 2 aromatic carbocycles. The van der Waals surface area contributed by atoms with E-state index in [2.05, 4.69) is 15.2 Å². The topological polar surface area (TPSA) is 101 Å². The Morgan fingerprint density at radius 2 is 1.84 bits per heavy atom. The van der Waals surface area contributed by atoms with E-state index in [0.29, 0.717) is 39.1 Å². The van der Waals surface area contributed by atoms with Gasteiger partial charge in [0.25, 0.3) is 5.56 Å². The lowest BCUT2D eigenvalue weighted by molar-refractivity contribution is 0.355. The molecular weight excluding hydrogens is 452 g/mol. The normalized spacial score (nSPS) is 14.0. The van der Waals surface area contributed by atoms with Crippen molar-refractivity contribution in [3.63, 3.8) is 0 Å². The average Bonchev–Trinajstić information content (AvgIpc) is 3.25. The van der Waals surface area contributed by atoms with Gasteiger partial charge in [-0.05, 0) is 60.8 Å². The van der Waals surface area contributed by atoms with Crippen LogP contribution in [0.3, 0.4) is 0 Å². The highest BCUT2D eigenvalue weighted by molar-refractivity contribution is 7.71. The highest BCUT2D eigenvalue weighted by Gasteiger charge is 2.19. The van der Waals surface area contributed by atoms with Gasteiger partial charge < -0.3 is 14.6 Å². The minimum absolute atomic E-state index is 0.00470. The maximum Gasteiger partial charge on any atom is 0.262 e. The highest BCUT2D eigenvalue weighted by atomic mass is 35.5. The average molecular weight is 469 g/mol. The van der Waals surface area contributed by atoms with Crippen LogP contribution in [-0.2, 0) is 0 Å². The van der Waals surface area contributed by atoms with Gasteiger partial charge in [-0.1, -0.05) is 11.6 Å². The molecule has 8 nitrogen and oxygen atoms in total. The largest absolute Gasteiger partial charge is 0.494 e. The molecule has 2 N–H and O–H groups in total. The molecule has 32 heavy (non-hydrogen) atoms. The van der Waals surface area contributed by atoms with Crippen LogP contribution >= 0.6 is 23.8 Å². The number of hydrogen-bond acceptors (Lipinski definition) is 7. The molecule has 0 spiro atoms. The zero-order valence-corrected chi connectivity index (χ0v) is 18.6. The maximum atomic E-state index is 12.6. The molecule has 0 bridgehead atoms. The molecular formula is C22H17ClN4O4S. The van der Waals surface area contributed by atoms with E-state index in [1.807, 2.05) is 0 Å². The van der Waals surface area contributed by atoms with Gasteiger partial charge in [0.05, 0.1) is 26.1 Å². The Morgan fingerprint density at radius 3 is 2.53 bits per heavy atom. The van der Waals surface area contributed by atoms with Crippen LogP contribution in [0.4, 0.5) is 0 Å². The molecule has 162 valence electrons. The van der Waals surface area contributed by atoms with Gasteiger partial charge in [-0.25, -0.2) is 0 Å². The van der Waals surface area contributed by atoms with E-state index in [1.54, 1.807) is 49.6 Å². The summed E-state index contributed by atoms with van der Waals surface area (Å²) in [5.41, 5.74) is 1.74. The van der Waals surface area contributed by atoms with Gasteiger partial charge in [-0.15, -0.1) is 5.10 Å². The second-order valence-corrected chi connectivity index (χ2v) is 7.49. The van der Waals surface area contributed by atoms with Crippen molar-refractivity contribution in [2.75, 3.05) is 14.2 Å². The Hall–Kier alpha value is -3.69. The number of hydrogen-bond donors (Lipinski definition) is 2. The fraction of sp³-hybridized carbons (Fsp3) is 0.0909. The van der Waals surface area contributed by atoms with Gasteiger partial charge in [-0.3, -0.25) is 14.3 Å². The summed E-state index contributed by atoms with van der Waals surface area (Å²) in [5, 5.41) is 19.6. The molecule has 0 amide bonds. The summed E-state index contributed by atoms with van der Waals surface area (Å²) in [6.45, 7) is 0. The lowest BCUT2D eigenvalue weighted by atomic mass is 10.0. The predicted molar refractivity (Wildman–Crippen MR) is 126 cm³/mol. The van der Waals surface area contributed by atoms with Crippen molar-refractivity contribution in [3.8, 4) is 23.1 Å². The summed E-state index contributed by atoms with van der Waals surface area (Å²) in [6, 6.07) is 12.0. The Labute approximate surface area is 192 Å². The number of ether oxygens (including phenoxy) is 2. The van der Waals surface area contributed by atoms with Crippen molar-refractivity contribution in [1.82, 2.24) is 9.55 Å². The third-order valence-electron chi connectivity index (χ3n) is 4.79.